The van der Waals surface area contributed by atoms with Gasteiger partial charge < -0.3 is 9.30 Å². The molecule has 0 N–H and O–H groups in total. The van der Waals surface area contributed by atoms with Gasteiger partial charge in [-0.25, -0.2) is 9.59 Å². The summed E-state index contributed by atoms with van der Waals surface area (Å²) in [6.45, 7) is 3.81. The average Bonchev–Trinajstić information content (AvgIpc) is 2.97. The standard InChI is InChI=1S/C18H17NO3/c1-4-11(2)16-14(17(20)22-18(16)21)9-12-10-19(3)15-8-6-5-7-13(12)15/h5-10H,4H2,1-3H3. The third-order valence-electron chi connectivity index (χ3n) is 4.06. The molecule has 1 aliphatic rings. The van der Waals surface area contributed by atoms with Crippen molar-refractivity contribution in [1.29, 1.82) is 0 Å². The molecule has 22 heavy (non-hydrogen) atoms. The van der Waals surface area contributed by atoms with Gasteiger partial charge in [0.15, 0.2) is 0 Å². The van der Waals surface area contributed by atoms with Crippen molar-refractivity contribution in [3.63, 3.8) is 0 Å². The summed E-state index contributed by atoms with van der Waals surface area (Å²) in [5.74, 6) is -1.11. The molecule has 4 nitrogen and oxygen atoms in total. The maximum atomic E-state index is 12.0. The fraction of sp³-hybridized carbons (Fsp3) is 0.222. The van der Waals surface area contributed by atoms with Crippen LogP contribution < -0.4 is 0 Å². The minimum Gasteiger partial charge on any atom is -0.386 e. The zero-order valence-corrected chi connectivity index (χ0v) is 12.8. The van der Waals surface area contributed by atoms with Gasteiger partial charge in [0, 0.05) is 29.7 Å². The number of ether oxygens (including phenoxy) is 1. The molecular weight excluding hydrogens is 278 g/mol. The minimum atomic E-state index is -0.569. The number of carbonyl (C=O) groups excluding carboxylic acids is 2. The number of para-hydroxylation sites is 1. The van der Waals surface area contributed by atoms with E-state index in [1.165, 1.54) is 0 Å². The first-order valence-corrected chi connectivity index (χ1v) is 7.25. The van der Waals surface area contributed by atoms with Gasteiger partial charge in [-0.05, 0) is 25.5 Å². The highest BCUT2D eigenvalue weighted by Gasteiger charge is 2.34. The molecule has 1 aromatic carbocycles. The molecule has 1 fully saturated rings. The molecule has 0 saturated carbocycles. The lowest BCUT2D eigenvalue weighted by Crippen LogP contribution is -1.98. The van der Waals surface area contributed by atoms with E-state index in [1.54, 1.807) is 6.08 Å². The molecule has 112 valence electrons. The summed E-state index contributed by atoms with van der Waals surface area (Å²) in [6.07, 6.45) is 4.40. The van der Waals surface area contributed by atoms with E-state index in [1.807, 2.05) is 55.9 Å². The van der Waals surface area contributed by atoms with Crippen molar-refractivity contribution in [3.05, 3.63) is 52.7 Å². The first-order chi connectivity index (χ1) is 10.5. The SMILES string of the molecule is CCC(C)=C1C(=O)OC(=O)C1=Cc1cn(C)c2ccccc12. The van der Waals surface area contributed by atoms with Crippen LogP contribution in [0, 0.1) is 0 Å². The molecule has 1 saturated heterocycles. The summed E-state index contributed by atoms with van der Waals surface area (Å²) >= 11 is 0. The summed E-state index contributed by atoms with van der Waals surface area (Å²) in [6, 6.07) is 7.94. The van der Waals surface area contributed by atoms with Gasteiger partial charge in [0.2, 0.25) is 0 Å². The highest BCUT2D eigenvalue weighted by Crippen LogP contribution is 2.30. The first-order valence-electron chi connectivity index (χ1n) is 7.25. The second kappa shape index (κ2) is 5.30. The molecule has 0 bridgehead atoms. The Morgan fingerprint density at radius 1 is 1.23 bits per heavy atom. The molecule has 0 atom stereocenters. The Kier molecular flexibility index (Phi) is 3.45. The first kappa shape index (κ1) is 14.3. The third kappa shape index (κ3) is 2.17. The molecule has 0 amide bonds. The largest absolute Gasteiger partial charge is 0.386 e. The van der Waals surface area contributed by atoms with Crippen LogP contribution in [0.2, 0.25) is 0 Å². The summed E-state index contributed by atoms with van der Waals surface area (Å²) < 4.78 is 6.79. The third-order valence-corrected chi connectivity index (χ3v) is 4.06. The Morgan fingerprint density at radius 3 is 2.68 bits per heavy atom. The zero-order valence-electron chi connectivity index (χ0n) is 12.8. The number of aryl methyl sites for hydroxylation is 1. The monoisotopic (exact) mass is 295 g/mol. The van der Waals surface area contributed by atoms with Gasteiger partial charge in [-0.15, -0.1) is 0 Å². The Labute approximate surface area is 128 Å². The van der Waals surface area contributed by atoms with Crippen LogP contribution in [0.25, 0.3) is 17.0 Å². The molecule has 3 rings (SSSR count). The number of cyclic esters (lactones) is 2. The Bertz CT molecular complexity index is 852. The number of benzene rings is 1. The number of esters is 2. The molecule has 0 unspecified atom stereocenters. The molecule has 2 aromatic rings. The summed E-state index contributed by atoms with van der Waals surface area (Å²) in [4.78, 5) is 23.9. The maximum Gasteiger partial charge on any atom is 0.346 e. The van der Waals surface area contributed by atoms with E-state index < -0.39 is 11.9 Å². The maximum absolute atomic E-state index is 12.0. The minimum absolute atomic E-state index is 0.348. The summed E-state index contributed by atoms with van der Waals surface area (Å²) in [5, 5.41) is 1.04. The van der Waals surface area contributed by atoms with Gasteiger partial charge in [-0.1, -0.05) is 30.7 Å². The fourth-order valence-electron chi connectivity index (χ4n) is 2.76. The van der Waals surface area contributed by atoms with Crippen molar-refractivity contribution in [2.24, 2.45) is 7.05 Å². The summed E-state index contributed by atoms with van der Waals surface area (Å²) in [7, 11) is 1.95. The number of carbonyl (C=O) groups is 2. The van der Waals surface area contributed by atoms with E-state index in [-0.39, 0.29) is 0 Å². The number of nitrogens with zero attached hydrogens (tertiary/aromatic N) is 1. The van der Waals surface area contributed by atoms with E-state index >= 15 is 0 Å². The van der Waals surface area contributed by atoms with Crippen LogP contribution in [0.1, 0.15) is 25.8 Å². The van der Waals surface area contributed by atoms with Gasteiger partial charge in [-0.2, -0.15) is 0 Å². The topological polar surface area (TPSA) is 48.3 Å². The molecule has 1 aliphatic heterocycles. The second-order valence-corrected chi connectivity index (χ2v) is 5.46. The van der Waals surface area contributed by atoms with E-state index in [0.29, 0.717) is 17.6 Å². The average molecular weight is 295 g/mol. The van der Waals surface area contributed by atoms with Gasteiger partial charge in [-0.3, -0.25) is 0 Å². The Balaban J connectivity index is 2.21. The van der Waals surface area contributed by atoms with Crippen molar-refractivity contribution in [2.45, 2.75) is 20.3 Å². The van der Waals surface area contributed by atoms with Crippen LogP contribution >= 0.6 is 0 Å². The molecule has 4 heteroatoms. The Morgan fingerprint density at radius 2 is 1.95 bits per heavy atom. The fourth-order valence-corrected chi connectivity index (χ4v) is 2.76. The molecule has 0 spiro atoms. The van der Waals surface area contributed by atoms with Crippen molar-refractivity contribution < 1.29 is 14.3 Å². The molecular formula is C18H17NO3. The quantitative estimate of drug-likeness (QED) is 0.485. The highest BCUT2D eigenvalue weighted by atomic mass is 16.6. The zero-order chi connectivity index (χ0) is 15.9. The van der Waals surface area contributed by atoms with E-state index in [4.69, 9.17) is 4.74 Å². The molecule has 0 radical (unpaired) electrons. The smallest absolute Gasteiger partial charge is 0.346 e. The lowest BCUT2D eigenvalue weighted by atomic mass is 9.99. The van der Waals surface area contributed by atoms with Crippen LogP contribution in [0.4, 0.5) is 0 Å². The number of fused-ring (bicyclic) bond motifs is 1. The second-order valence-electron chi connectivity index (χ2n) is 5.46. The van der Waals surface area contributed by atoms with E-state index in [0.717, 1.165) is 22.0 Å². The number of rotatable bonds is 2. The molecule has 1 aromatic heterocycles. The van der Waals surface area contributed by atoms with Gasteiger partial charge in [0.1, 0.15) is 0 Å². The van der Waals surface area contributed by atoms with Crippen LogP contribution in [-0.4, -0.2) is 16.5 Å². The highest BCUT2D eigenvalue weighted by molar-refractivity contribution is 6.21. The number of aromatic nitrogens is 1. The summed E-state index contributed by atoms with van der Waals surface area (Å²) in [5.41, 5.74) is 3.59. The molecule has 0 aliphatic carbocycles. The van der Waals surface area contributed by atoms with Crippen molar-refractivity contribution in [3.8, 4) is 0 Å². The van der Waals surface area contributed by atoms with E-state index in [9.17, 15) is 9.59 Å². The molecule has 2 heterocycles. The van der Waals surface area contributed by atoms with Gasteiger partial charge in [0.05, 0.1) is 11.1 Å². The van der Waals surface area contributed by atoms with Gasteiger partial charge in [0.25, 0.3) is 0 Å². The van der Waals surface area contributed by atoms with Gasteiger partial charge >= 0.3 is 11.9 Å². The van der Waals surface area contributed by atoms with Crippen LogP contribution in [0.3, 0.4) is 0 Å². The van der Waals surface area contributed by atoms with Crippen LogP contribution in [0.5, 0.6) is 0 Å². The predicted molar refractivity (Wildman–Crippen MR) is 85.0 cm³/mol. The van der Waals surface area contributed by atoms with Crippen molar-refractivity contribution in [1.82, 2.24) is 4.57 Å². The van der Waals surface area contributed by atoms with E-state index in [2.05, 4.69) is 0 Å². The van der Waals surface area contributed by atoms with Crippen molar-refractivity contribution in [2.75, 3.05) is 0 Å². The van der Waals surface area contributed by atoms with Crippen LogP contribution in [-0.2, 0) is 21.4 Å². The predicted octanol–water partition coefficient (Wildman–Crippen LogP) is 3.37. The van der Waals surface area contributed by atoms with Crippen LogP contribution in [0.15, 0.2) is 47.2 Å². The lowest BCUT2D eigenvalue weighted by Gasteiger charge is -2.00. The lowest BCUT2D eigenvalue weighted by molar-refractivity contribution is -0.149. The number of allylic oxidation sites excluding steroid dienone is 1. The number of hydrogen-bond acceptors (Lipinski definition) is 3. The Hall–Kier alpha value is -2.62. The normalized spacial score (nSPS) is 19.1. The van der Waals surface area contributed by atoms with Crippen molar-refractivity contribution >= 4 is 28.9 Å². The number of hydrogen-bond donors (Lipinski definition) is 0.